The van der Waals surface area contributed by atoms with Gasteiger partial charge in [0.05, 0.1) is 11.6 Å². The van der Waals surface area contributed by atoms with Crippen LogP contribution in [0.3, 0.4) is 0 Å². The molecule has 2 aliphatic rings. The summed E-state index contributed by atoms with van der Waals surface area (Å²) in [5.41, 5.74) is 1.22. The number of piperidine rings is 1. The number of aromatic nitrogens is 1. The molecule has 110 valence electrons. The lowest BCUT2D eigenvalue weighted by Gasteiger charge is -2.21. The van der Waals surface area contributed by atoms with Gasteiger partial charge < -0.3 is 10.6 Å². The highest BCUT2D eigenvalue weighted by molar-refractivity contribution is 7.15. The average Bonchev–Trinajstić information content (AvgIpc) is 2.89. The fourth-order valence-corrected chi connectivity index (χ4v) is 4.25. The topological polar surface area (TPSA) is 54.0 Å². The highest BCUT2D eigenvalue weighted by Gasteiger charge is 2.24. The number of carbonyl (C=O) groups is 1. The summed E-state index contributed by atoms with van der Waals surface area (Å²) in [6, 6.07) is 0. The second-order valence-electron chi connectivity index (χ2n) is 5.94. The Bertz CT molecular complexity index is 479. The Morgan fingerprint density at radius 1 is 1.50 bits per heavy atom. The van der Waals surface area contributed by atoms with Crippen molar-refractivity contribution in [2.75, 3.05) is 18.4 Å². The van der Waals surface area contributed by atoms with Crippen molar-refractivity contribution >= 4 is 22.4 Å². The Hall–Kier alpha value is -0.940. The molecule has 4 nitrogen and oxygen atoms in total. The number of amides is 1. The Labute approximate surface area is 124 Å². The summed E-state index contributed by atoms with van der Waals surface area (Å²) in [6.45, 7) is 4.10. The van der Waals surface area contributed by atoms with Crippen LogP contribution in [0, 0.1) is 11.8 Å². The number of hydrogen-bond donors (Lipinski definition) is 2. The van der Waals surface area contributed by atoms with Gasteiger partial charge in [-0.2, -0.15) is 0 Å². The van der Waals surface area contributed by atoms with E-state index in [0.717, 1.165) is 49.8 Å². The van der Waals surface area contributed by atoms with E-state index in [1.54, 1.807) is 11.3 Å². The highest BCUT2D eigenvalue weighted by Crippen LogP contribution is 2.33. The van der Waals surface area contributed by atoms with Crippen LogP contribution in [-0.2, 0) is 17.6 Å². The normalized spacial score (nSPS) is 26.1. The van der Waals surface area contributed by atoms with Crippen LogP contribution in [0.1, 0.15) is 43.2 Å². The van der Waals surface area contributed by atoms with Crippen molar-refractivity contribution in [3.05, 3.63) is 10.6 Å². The Kier molecular flexibility index (Phi) is 4.36. The fraction of sp³-hybridized carbons (Fsp3) is 0.733. The molecule has 2 heterocycles. The SMILES string of the molecule is CCC1CCc2nc(NC(=O)C3CCCNC3)sc2C1. The van der Waals surface area contributed by atoms with Gasteiger partial charge in [0.25, 0.3) is 0 Å². The third-order valence-electron chi connectivity index (χ3n) is 4.52. The van der Waals surface area contributed by atoms with Gasteiger partial charge in [-0.15, -0.1) is 11.3 Å². The molecule has 2 unspecified atom stereocenters. The van der Waals surface area contributed by atoms with Gasteiger partial charge in [0.1, 0.15) is 0 Å². The Morgan fingerprint density at radius 2 is 2.40 bits per heavy atom. The van der Waals surface area contributed by atoms with Crippen molar-refractivity contribution in [1.82, 2.24) is 10.3 Å². The van der Waals surface area contributed by atoms with Crippen molar-refractivity contribution in [1.29, 1.82) is 0 Å². The number of anilines is 1. The largest absolute Gasteiger partial charge is 0.316 e. The Balaban J connectivity index is 1.63. The maximum atomic E-state index is 12.2. The van der Waals surface area contributed by atoms with Crippen LogP contribution in [0.4, 0.5) is 5.13 Å². The van der Waals surface area contributed by atoms with Gasteiger partial charge in [0.2, 0.25) is 5.91 Å². The molecular formula is C15H23N3OS. The van der Waals surface area contributed by atoms with E-state index in [0.29, 0.717) is 0 Å². The first-order valence-electron chi connectivity index (χ1n) is 7.76. The molecule has 1 fully saturated rings. The molecule has 1 aliphatic heterocycles. The van der Waals surface area contributed by atoms with Crippen molar-refractivity contribution in [2.24, 2.45) is 11.8 Å². The van der Waals surface area contributed by atoms with E-state index in [1.807, 2.05) is 0 Å². The minimum atomic E-state index is 0.105. The van der Waals surface area contributed by atoms with Crippen LogP contribution in [0.25, 0.3) is 0 Å². The van der Waals surface area contributed by atoms with E-state index in [9.17, 15) is 4.79 Å². The third kappa shape index (κ3) is 3.04. The maximum absolute atomic E-state index is 12.2. The molecule has 0 saturated carbocycles. The number of carbonyl (C=O) groups excluding carboxylic acids is 1. The number of nitrogens with zero attached hydrogens (tertiary/aromatic N) is 1. The second kappa shape index (κ2) is 6.22. The van der Waals surface area contributed by atoms with Gasteiger partial charge in [-0.1, -0.05) is 13.3 Å². The number of aryl methyl sites for hydroxylation is 1. The van der Waals surface area contributed by atoms with Gasteiger partial charge in [-0.25, -0.2) is 4.98 Å². The summed E-state index contributed by atoms with van der Waals surface area (Å²) in [6.07, 6.45) is 6.78. The lowest BCUT2D eigenvalue weighted by Crippen LogP contribution is -2.37. The minimum Gasteiger partial charge on any atom is -0.316 e. The van der Waals surface area contributed by atoms with E-state index in [-0.39, 0.29) is 11.8 Å². The molecule has 20 heavy (non-hydrogen) atoms. The third-order valence-corrected chi connectivity index (χ3v) is 5.55. The number of hydrogen-bond acceptors (Lipinski definition) is 4. The monoisotopic (exact) mass is 293 g/mol. The lowest BCUT2D eigenvalue weighted by molar-refractivity contribution is -0.120. The maximum Gasteiger partial charge on any atom is 0.230 e. The summed E-state index contributed by atoms with van der Waals surface area (Å²) in [5, 5.41) is 7.12. The number of fused-ring (bicyclic) bond motifs is 1. The van der Waals surface area contributed by atoms with E-state index >= 15 is 0 Å². The summed E-state index contributed by atoms with van der Waals surface area (Å²) >= 11 is 1.68. The minimum absolute atomic E-state index is 0.105. The van der Waals surface area contributed by atoms with Crippen LogP contribution in [0.5, 0.6) is 0 Å². The van der Waals surface area contributed by atoms with Crippen LogP contribution >= 0.6 is 11.3 Å². The molecule has 0 radical (unpaired) electrons. The number of rotatable bonds is 3. The summed E-state index contributed by atoms with van der Waals surface area (Å²) in [5.74, 6) is 1.04. The van der Waals surface area contributed by atoms with Gasteiger partial charge >= 0.3 is 0 Å². The molecular weight excluding hydrogens is 270 g/mol. The molecule has 1 aromatic heterocycles. The highest BCUT2D eigenvalue weighted by atomic mass is 32.1. The molecule has 0 aromatic carbocycles. The van der Waals surface area contributed by atoms with E-state index in [4.69, 9.17) is 0 Å². The van der Waals surface area contributed by atoms with E-state index < -0.39 is 0 Å². The smallest absolute Gasteiger partial charge is 0.230 e. The first kappa shape index (κ1) is 14.0. The molecule has 1 saturated heterocycles. The van der Waals surface area contributed by atoms with E-state index in [2.05, 4.69) is 22.5 Å². The van der Waals surface area contributed by atoms with Crippen LogP contribution in [0.15, 0.2) is 0 Å². The van der Waals surface area contributed by atoms with Crippen molar-refractivity contribution in [3.63, 3.8) is 0 Å². The first-order chi connectivity index (χ1) is 9.76. The van der Waals surface area contributed by atoms with Crippen LogP contribution in [-0.4, -0.2) is 24.0 Å². The van der Waals surface area contributed by atoms with Gasteiger partial charge in [0.15, 0.2) is 5.13 Å². The zero-order chi connectivity index (χ0) is 13.9. The van der Waals surface area contributed by atoms with Gasteiger partial charge in [0, 0.05) is 11.4 Å². The molecule has 1 amide bonds. The predicted octanol–water partition coefficient (Wildman–Crippen LogP) is 2.60. The standard InChI is InChI=1S/C15H23N3OS/c1-2-10-5-6-12-13(8-10)20-15(17-12)18-14(19)11-4-3-7-16-9-11/h10-11,16H,2-9H2,1H3,(H,17,18,19). The summed E-state index contributed by atoms with van der Waals surface area (Å²) < 4.78 is 0. The number of thiazole rings is 1. The van der Waals surface area contributed by atoms with Crippen LogP contribution in [0.2, 0.25) is 0 Å². The van der Waals surface area contributed by atoms with Gasteiger partial charge in [-0.05, 0) is 44.6 Å². The van der Waals surface area contributed by atoms with Crippen molar-refractivity contribution in [3.8, 4) is 0 Å². The number of nitrogens with one attached hydrogen (secondary N) is 2. The van der Waals surface area contributed by atoms with Gasteiger partial charge in [-0.3, -0.25) is 4.79 Å². The van der Waals surface area contributed by atoms with Crippen molar-refractivity contribution in [2.45, 2.75) is 45.4 Å². The molecule has 0 bridgehead atoms. The van der Waals surface area contributed by atoms with E-state index in [1.165, 1.54) is 23.4 Å². The first-order valence-corrected chi connectivity index (χ1v) is 8.58. The molecule has 5 heteroatoms. The van der Waals surface area contributed by atoms with Crippen molar-refractivity contribution < 1.29 is 4.79 Å². The molecule has 1 aromatic rings. The zero-order valence-corrected chi connectivity index (χ0v) is 12.9. The zero-order valence-electron chi connectivity index (χ0n) is 12.1. The van der Waals surface area contributed by atoms with Crippen LogP contribution < -0.4 is 10.6 Å². The Morgan fingerprint density at radius 3 is 3.15 bits per heavy atom. The molecule has 2 atom stereocenters. The lowest BCUT2D eigenvalue weighted by atomic mass is 9.89. The summed E-state index contributed by atoms with van der Waals surface area (Å²) in [7, 11) is 0. The summed E-state index contributed by atoms with van der Waals surface area (Å²) in [4.78, 5) is 18.2. The molecule has 1 aliphatic carbocycles. The fourth-order valence-electron chi connectivity index (χ4n) is 3.13. The molecule has 3 rings (SSSR count). The quantitative estimate of drug-likeness (QED) is 0.900. The second-order valence-corrected chi connectivity index (χ2v) is 7.02. The predicted molar refractivity (Wildman–Crippen MR) is 82.1 cm³/mol. The molecule has 2 N–H and O–H groups in total. The average molecular weight is 293 g/mol. The molecule has 0 spiro atoms.